The second-order valence-electron chi connectivity index (χ2n) is 7.70. The van der Waals surface area contributed by atoms with E-state index in [9.17, 15) is 13.2 Å². The molecule has 3 heterocycles. The first-order chi connectivity index (χ1) is 15.4. The van der Waals surface area contributed by atoms with Crippen molar-refractivity contribution in [1.82, 2.24) is 25.4 Å². The molecule has 0 radical (unpaired) electrons. The third-order valence-corrected chi connectivity index (χ3v) is 5.21. The maximum absolute atomic E-state index is 13.0. The van der Waals surface area contributed by atoms with Gasteiger partial charge in [-0.05, 0) is 49.6 Å². The Hall–Kier alpha value is -3.30. The van der Waals surface area contributed by atoms with Gasteiger partial charge in [0.05, 0.1) is 24.4 Å². The minimum atomic E-state index is -4.38. The Morgan fingerprint density at radius 1 is 1.28 bits per heavy atom. The predicted octanol–water partition coefficient (Wildman–Crippen LogP) is 4.01. The zero-order chi connectivity index (χ0) is 22.6. The summed E-state index contributed by atoms with van der Waals surface area (Å²) in [6.07, 6.45) is -0.307. The van der Waals surface area contributed by atoms with Crippen LogP contribution in [0.1, 0.15) is 47.4 Å². The van der Waals surface area contributed by atoms with Crippen LogP contribution >= 0.6 is 0 Å². The van der Waals surface area contributed by atoms with Crippen LogP contribution in [0.25, 0.3) is 0 Å². The quantitative estimate of drug-likeness (QED) is 0.442. The van der Waals surface area contributed by atoms with Gasteiger partial charge in [-0.1, -0.05) is 12.1 Å². The van der Waals surface area contributed by atoms with Gasteiger partial charge in [-0.2, -0.15) is 18.3 Å². The van der Waals surface area contributed by atoms with Crippen LogP contribution in [0.5, 0.6) is 0 Å². The predicted molar refractivity (Wildman–Crippen MR) is 113 cm³/mol. The molecule has 0 saturated carbocycles. The van der Waals surface area contributed by atoms with Gasteiger partial charge in [0, 0.05) is 19.5 Å². The van der Waals surface area contributed by atoms with E-state index >= 15 is 0 Å². The minimum Gasteiger partial charge on any atom is -0.469 e. The van der Waals surface area contributed by atoms with E-state index in [0.717, 1.165) is 43.1 Å². The number of rotatable bonds is 6. The highest BCUT2D eigenvalue weighted by molar-refractivity contribution is 5.80. The molecule has 10 heteroatoms. The Morgan fingerprint density at radius 2 is 2.16 bits per heavy atom. The lowest BCUT2D eigenvalue weighted by Gasteiger charge is -2.25. The van der Waals surface area contributed by atoms with Crippen molar-refractivity contribution in [2.75, 3.05) is 6.54 Å². The molecule has 170 valence electrons. The van der Waals surface area contributed by atoms with Gasteiger partial charge in [-0.15, -0.1) is 0 Å². The average Bonchev–Trinajstić information content (AvgIpc) is 3.40. The molecule has 7 nitrogen and oxygen atoms in total. The molecule has 2 aromatic heterocycles. The molecule has 1 unspecified atom stereocenters. The summed E-state index contributed by atoms with van der Waals surface area (Å²) >= 11 is 0. The normalized spacial score (nSPS) is 16.6. The van der Waals surface area contributed by atoms with Gasteiger partial charge in [0.25, 0.3) is 0 Å². The van der Waals surface area contributed by atoms with Gasteiger partial charge in [0.1, 0.15) is 17.4 Å². The largest absolute Gasteiger partial charge is 0.469 e. The number of hydrogen-bond acceptors (Lipinski definition) is 4. The number of aliphatic imine (C=N–C) groups is 1. The first-order valence-electron chi connectivity index (χ1n) is 10.5. The molecule has 0 saturated heterocycles. The SMILES string of the molecule is Cc1nc2n(n1)CCCC2NC(=NCc1cccc(C(F)(F)F)c1)NCCc1ccco1. The van der Waals surface area contributed by atoms with Crippen molar-refractivity contribution in [3.63, 3.8) is 0 Å². The summed E-state index contributed by atoms with van der Waals surface area (Å²) in [7, 11) is 0. The van der Waals surface area contributed by atoms with Crippen LogP contribution in [0.4, 0.5) is 13.2 Å². The number of furan rings is 1. The number of halogens is 3. The maximum Gasteiger partial charge on any atom is 0.416 e. The van der Waals surface area contributed by atoms with E-state index in [1.807, 2.05) is 23.7 Å². The Morgan fingerprint density at radius 3 is 2.94 bits per heavy atom. The van der Waals surface area contributed by atoms with Crippen molar-refractivity contribution in [2.45, 2.75) is 51.5 Å². The second-order valence-corrected chi connectivity index (χ2v) is 7.70. The lowest BCUT2D eigenvalue weighted by Crippen LogP contribution is -2.42. The number of fused-ring (bicyclic) bond motifs is 1. The van der Waals surface area contributed by atoms with Crippen LogP contribution in [-0.4, -0.2) is 27.3 Å². The molecule has 1 atom stereocenters. The molecule has 2 N–H and O–H groups in total. The highest BCUT2D eigenvalue weighted by Crippen LogP contribution is 2.29. The molecule has 3 aromatic rings. The number of aryl methyl sites for hydroxylation is 2. The lowest BCUT2D eigenvalue weighted by molar-refractivity contribution is -0.137. The zero-order valence-electron chi connectivity index (χ0n) is 17.7. The third-order valence-electron chi connectivity index (χ3n) is 5.21. The van der Waals surface area contributed by atoms with Gasteiger partial charge in [-0.25, -0.2) is 14.7 Å². The molecule has 0 aliphatic carbocycles. The first-order valence-corrected chi connectivity index (χ1v) is 10.5. The van der Waals surface area contributed by atoms with Gasteiger partial charge in [0.15, 0.2) is 5.96 Å². The van der Waals surface area contributed by atoms with E-state index < -0.39 is 11.7 Å². The number of benzene rings is 1. The summed E-state index contributed by atoms with van der Waals surface area (Å²) in [5.41, 5.74) is -0.198. The van der Waals surface area contributed by atoms with Crippen molar-refractivity contribution >= 4 is 5.96 Å². The maximum atomic E-state index is 13.0. The van der Waals surface area contributed by atoms with E-state index in [2.05, 4.69) is 25.7 Å². The summed E-state index contributed by atoms with van der Waals surface area (Å²) in [4.78, 5) is 9.08. The fraction of sp³-hybridized carbons (Fsp3) is 0.409. The Labute approximate surface area is 183 Å². The summed E-state index contributed by atoms with van der Waals surface area (Å²) in [5.74, 6) is 2.89. The van der Waals surface area contributed by atoms with E-state index in [-0.39, 0.29) is 12.6 Å². The van der Waals surface area contributed by atoms with Crippen LogP contribution < -0.4 is 10.6 Å². The summed E-state index contributed by atoms with van der Waals surface area (Å²) < 4.78 is 46.4. The van der Waals surface area contributed by atoms with Crippen molar-refractivity contribution < 1.29 is 17.6 Å². The molecular formula is C22H25F3N6O. The number of aromatic nitrogens is 3. The lowest BCUT2D eigenvalue weighted by atomic mass is 10.1. The van der Waals surface area contributed by atoms with Crippen molar-refractivity contribution in [1.29, 1.82) is 0 Å². The van der Waals surface area contributed by atoms with Gasteiger partial charge < -0.3 is 15.1 Å². The average molecular weight is 446 g/mol. The molecule has 0 spiro atoms. The molecule has 0 fully saturated rings. The fourth-order valence-corrected chi connectivity index (χ4v) is 3.70. The number of alkyl halides is 3. The summed E-state index contributed by atoms with van der Waals surface area (Å²) in [6.45, 7) is 3.34. The van der Waals surface area contributed by atoms with E-state index in [1.54, 1.807) is 12.3 Å². The number of nitrogens with zero attached hydrogens (tertiary/aromatic N) is 4. The van der Waals surface area contributed by atoms with E-state index in [1.165, 1.54) is 6.07 Å². The molecule has 0 amide bonds. The minimum absolute atomic E-state index is 0.0821. The fourth-order valence-electron chi connectivity index (χ4n) is 3.70. The second kappa shape index (κ2) is 9.46. The molecule has 4 rings (SSSR count). The highest BCUT2D eigenvalue weighted by Gasteiger charge is 2.30. The van der Waals surface area contributed by atoms with Gasteiger partial charge in [-0.3, -0.25) is 0 Å². The highest BCUT2D eigenvalue weighted by atomic mass is 19.4. The monoisotopic (exact) mass is 446 g/mol. The Bertz CT molecular complexity index is 1060. The van der Waals surface area contributed by atoms with Crippen LogP contribution in [0.2, 0.25) is 0 Å². The van der Waals surface area contributed by atoms with Crippen LogP contribution in [0.15, 0.2) is 52.1 Å². The van der Waals surface area contributed by atoms with Crippen LogP contribution in [-0.2, 0) is 25.7 Å². The van der Waals surface area contributed by atoms with Gasteiger partial charge in [0.2, 0.25) is 0 Å². The third kappa shape index (κ3) is 5.49. The van der Waals surface area contributed by atoms with Gasteiger partial charge >= 0.3 is 6.18 Å². The zero-order valence-corrected chi connectivity index (χ0v) is 17.7. The standard InChI is InChI=1S/C22H25F3N6O/c1-15-28-20-19(8-3-11-31(20)30-15)29-21(26-10-9-18-7-4-12-32-18)27-14-16-5-2-6-17(13-16)22(23,24)25/h2,4-7,12-13,19H,3,8-11,14H2,1H3,(H2,26,27,29). The van der Waals surface area contributed by atoms with Crippen molar-refractivity contribution in [3.05, 3.63) is 71.2 Å². The Kier molecular flexibility index (Phi) is 6.48. The molecule has 1 aliphatic rings. The number of nitrogens with one attached hydrogen (secondary N) is 2. The molecule has 32 heavy (non-hydrogen) atoms. The molecule has 1 aliphatic heterocycles. The molecule has 1 aromatic carbocycles. The van der Waals surface area contributed by atoms with E-state index in [4.69, 9.17) is 4.42 Å². The molecule has 0 bridgehead atoms. The smallest absolute Gasteiger partial charge is 0.416 e. The van der Waals surface area contributed by atoms with Crippen LogP contribution in [0, 0.1) is 6.92 Å². The number of guanidine groups is 1. The topological polar surface area (TPSA) is 80.3 Å². The van der Waals surface area contributed by atoms with E-state index in [0.29, 0.717) is 30.3 Å². The summed E-state index contributed by atoms with van der Waals surface area (Å²) in [5, 5.41) is 11.1. The molecular weight excluding hydrogens is 421 g/mol. The first kappa shape index (κ1) is 21.9. The number of hydrogen-bond donors (Lipinski definition) is 2. The Balaban J connectivity index is 1.49. The van der Waals surface area contributed by atoms with Crippen LogP contribution in [0.3, 0.4) is 0 Å². The van der Waals surface area contributed by atoms with Crippen molar-refractivity contribution in [3.8, 4) is 0 Å². The summed E-state index contributed by atoms with van der Waals surface area (Å²) in [6, 6.07) is 8.86. The van der Waals surface area contributed by atoms with Crippen molar-refractivity contribution in [2.24, 2.45) is 4.99 Å².